The molecule has 1 N–H and O–H groups in total. The highest BCUT2D eigenvalue weighted by atomic mass is 35.5. The fourth-order valence-corrected chi connectivity index (χ4v) is 1.69. The van der Waals surface area contributed by atoms with Crippen molar-refractivity contribution in [1.82, 2.24) is 4.98 Å². The number of nitro benzene ring substituents is 1. The number of nitrogens with one attached hydrogen (secondary N) is 1. The van der Waals surface area contributed by atoms with Gasteiger partial charge in [0.25, 0.3) is 5.69 Å². The number of anilines is 1. The summed E-state index contributed by atoms with van der Waals surface area (Å²) < 4.78 is 0. The third-order valence-electron chi connectivity index (χ3n) is 2.35. The lowest BCUT2D eigenvalue weighted by atomic mass is 10.2. The second kappa shape index (κ2) is 5.46. The fourth-order valence-electron chi connectivity index (χ4n) is 1.45. The Balaban J connectivity index is 2.08. The van der Waals surface area contributed by atoms with E-state index in [1.165, 1.54) is 12.1 Å². The minimum Gasteiger partial charge on any atom is -0.378 e. The third-order valence-corrected chi connectivity index (χ3v) is 2.66. The van der Waals surface area contributed by atoms with Crippen molar-refractivity contribution >= 4 is 23.0 Å². The molecule has 2 rings (SSSR count). The molecule has 0 radical (unpaired) electrons. The molecule has 18 heavy (non-hydrogen) atoms. The molecule has 1 aromatic carbocycles. The monoisotopic (exact) mass is 263 g/mol. The molecular weight excluding hydrogens is 254 g/mol. The van der Waals surface area contributed by atoms with Gasteiger partial charge in [-0.05, 0) is 18.2 Å². The Bertz CT molecular complexity index is 561. The molecule has 0 aliphatic carbocycles. The van der Waals surface area contributed by atoms with Gasteiger partial charge in [0, 0.05) is 18.3 Å². The van der Waals surface area contributed by atoms with E-state index >= 15 is 0 Å². The Morgan fingerprint density at radius 1 is 1.33 bits per heavy atom. The van der Waals surface area contributed by atoms with Gasteiger partial charge >= 0.3 is 0 Å². The molecule has 0 spiro atoms. The summed E-state index contributed by atoms with van der Waals surface area (Å²) in [5.41, 5.74) is 1.49. The highest BCUT2D eigenvalue weighted by molar-refractivity contribution is 6.33. The van der Waals surface area contributed by atoms with Crippen LogP contribution in [0.2, 0.25) is 5.02 Å². The highest BCUT2D eigenvalue weighted by Gasteiger charge is 2.09. The van der Waals surface area contributed by atoms with E-state index in [4.69, 9.17) is 11.6 Å². The van der Waals surface area contributed by atoms with Crippen molar-refractivity contribution in [2.75, 3.05) is 5.32 Å². The zero-order valence-electron chi connectivity index (χ0n) is 9.34. The molecular formula is C12H10ClN3O2. The van der Waals surface area contributed by atoms with E-state index in [0.717, 1.165) is 5.69 Å². The second-order valence-corrected chi connectivity index (χ2v) is 4.00. The van der Waals surface area contributed by atoms with E-state index in [1.54, 1.807) is 12.3 Å². The maximum absolute atomic E-state index is 10.6. The van der Waals surface area contributed by atoms with Gasteiger partial charge in [-0.25, -0.2) is 0 Å². The summed E-state index contributed by atoms with van der Waals surface area (Å²) in [4.78, 5) is 14.2. The van der Waals surface area contributed by atoms with Crippen LogP contribution in [0.3, 0.4) is 0 Å². The van der Waals surface area contributed by atoms with Crippen LogP contribution in [0.1, 0.15) is 5.69 Å². The Hall–Kier alpha value is -2.14. The standard InChI is InChI=1S/C12H10ClN3O2/c13-11-7-10(16(17)18)4-5-12(11)15-8-9-3-1-2-6-14-9/h1-7,15H,8H2. The van der Waals surface area contributed by atoms with Gasteiger partial charge in [0.15, 0.2) is 0 Å². The summed E-state index contributed by atoms with van der Waals surface area (Å²) in [7, 11) is 0. The van der Waals surface area contributed by atoms with E-state index in [0.29, 0.717) is 17.3 Å². The van der Waals surface area contributed by atoms with Crippen molar-refractivity contribution < 1.29 is 4.92 Å². The smallest absolute Gasteiger partial charge is 0.271 e. The van der Waals surface area contributed by atoms with Crippen LogP contribution in [0.25, 0.3) is 0 Å². The number of hydrogen-bond acceptors (Lipinski definition) is 4. The first kappa shape index (κ1) is 12.3. The van der Waals surface area contributed by atoms with Crippen LogP contribution in [-0.4, -0.2) is 9.91 Å². The van der Waals surface area contributed by atoms with Crippen LogP contribution in [0, 0.1) is 10.1 Å². The molecule has 0 amide bonds. The molecule has 0 unspecified atom stereocenters. The summed E-state index contributed by atoms with van der Waals surface area (Å²) in [6.45, 7) is 0.512. The van der Waals surface area contributed by atoms with Crippen molar-refractivity contribution in [2.24, 2.45) is 0 Å². The van der Waals surface area contributed by atoms with E-state index in [9.17, 15) is 10.1 Å². The number of benzene rings is 1. The number of aromatic nitrogens is 1. The van der Waals surface area contributed by atoms with E-state index in [1.807, 2.05) is 18.2 Å². The van der Waals surface area contributed by atoms with Crippen molar-refractivity contribution in [3.63, 3.8) is 0 Å². The van der Waals surface area contributed by atoms with Crippen molar-refractivity contribution in [1.29, 1.82) is 0 Å². The van der Waals surface area contributed by atoms with E-state index < -0.39 is 4.92 Å². The number of non-ortho nitro benzene ring substituents is 1. The third kappa shape index (κ3) is 2.95. The molecule has 1 heterocycles. The number of nitrogens with zero attached hydrogens (tertiary/aromatic N) is 2. The van der Waals surface area contributed by atoms with Crippen LogP contribution in [0.5, 0.6) is 0 Å². The lowest BCUT2D eigenvalue weighted by Gasteiger charge is -2.07. The Kier molecular flexibility index (Phi) is 3.74. The molecule has 5 nitrogen and oxygen atoms in total. The van der Waals surface area contributed by atoms with Crippen LogP contribution >= 0.6 is 11.6 Å². The molecule has 92 valence electrons. The number of rotatable bonds is 4. The topological polar surface area (TPSA) is 68.1 Å². The molecule has 0 atom stereocenters. The summed E-state index contributed by atoms with van der Waals surface area (Å²) >= 11 is 5.95. The van der Waals surface area contributed by atoms with Gasteiger partial charge < -0.3 is 5.32 Å². The van der Waals surface area contributed by atoms with Gasteiger partial charge in [-0.3, -0.25) is 15.1 Å². The first-order chi connectivity index (χ1) is 8.66. The molecule has 0 bridgehead atoms. The maximum Gasteiger partial charge on any atom is 0.271 e. The number of pyridine rings is 1. The van der Waals surface area contributed by atoms with Crippen molar-refractivity contribution in [3.8, 4) is 0 Å². The summed E-state index contributed by atoms with van der Waals surface area (Å²) in [6, 6.07) is 9.93. The van der Waals surface area contributed by atoms with Crippen LogP contribution in [0.15, 0.2) is 42.6 Å². The first-order valence-electron chi connectivity index (χ1n) is 5.24. The minimum absolute atomic E-state index is 0.0246. The lowest BCUT2D eigenvalue weighted by molar-refractivity contribution is -0.384. The van der Waals surface area contributed by atoms with Gasteiger partial charge in [-0.2, -0.15) is 0 Å². The second-order valence-electron chi connectivity index (χ2n) is 3.60. The maximum atomic E-state index is 10.6. The first-order valence-corrected chi connectivity index (χ1v) is 5.62. The average Bonchev–Trinajstić information content (AvgIpc) is 2.38. The van der Waals surface area contributed by atoms with Crippen LogP contribution in [0.4, 0.5) is 11.4 Å². The van der Waals surface area contributed by atoms with E-state index in [-0.39, 0.29) is 5.69 Å². The Morgan fingerprint density at radius 3 is 2.78 bits per heavy atom. The Labute approximate surface area is 109 Å². The molecule has 2 aromatic rings. The lowest BCUT2D eigenvalue weighted by Crippen LogP contribution is -2.01. The minimum atomic E-state index is -0.478. The highest BCUT2D eigenvalue weighted by Crippen LogP contribution is 2.26. The summed E-state index contributed by atoms with van der Waals surface area (Å²) in [5, 5.41) is 14.0. The van der Waals surface area contributed by atoms with Gasteiger partial charge in [-0.15, -0.1) is 0 Å². The molecule has 0 aliphatic heterocycles. The summed E-state index contributed by atoms with van der Waals surface area (Å²) in [5.74, 6) is 0. The van der Waals surface area contributed by atoms with Crippen molar-refractivity contribution in [3.05, 3.63) is 63.4 Å². The predicted octanol–water partition coefficient (Wildman–Crippen LogP) is 3.26. The van der Waals surface area contributed by atoms with Gasteiger partial charge in [0.05, 0.1) is 27.9 Å². The van der Waals surface area contributed by atoms with E-state index in [2.05, 4.69) is 10.3 Å². The number of hydrogen-bond donors (Lipinski definition) is 1. The predicted molar refractivity (Wildman–Crippen MR) is 69.7 cm³/mol. The van der Waals surface area contributed by atoms with Crippen molar-refractivity contribution in [2.45, 2.75) is 6.54 Å². The molecule has 0 saturated carbocycles. The van der Waals surface area contributed by atoms with Gasteiger partial charge in [-0.1, -0.05) is 17.7 Å². The SMILES string of the molecule is O=[N+]([O-])c1ccc(NCc2ccccn2)c(Cl)c1. The van der Waals surface area contributed by atoms with Crippen LogP contribution < -0.4 is 5.32 Å². The zero-order valence-corrected chi connectivity index (χ0v) is 10.1. The largest absolute Gasteiger partial charge is 0.378 e. The number of nitro groups is 1. The Morgan fingerprint density at radius 2 is 2.17 bits per heavy atom. The van der Waals surface area contributed by atoms with Gasteiger partial charge in [0.1, 0.15) is 0 Å². The zero-order chi connectivity index (χ0) is 13.0. The van der Waals surface area contributed by atoms with Gasteiger partial charge in [0.2, 0.25) is 0 Å². The quantitative estimate of drug-likeness (QED) is 0.679. The van der Waals surface area contributed by atoms with Crippen LogP contribution in [-0.2, 0) is 6.54 Å². The molecule has 0 saturated heterocycles. The number of halogens is 1. The molecule has 6 heteroatoms. The molecule has 0 fully saturated rings. The average molecular weight is 264 g/mol. The fraction of sp³-hybridized carbons (Fsp3) is 0.0833. The normalized spacial score (nSPS) is 10.1. The molecule has 0 aliphatic rings. The summed E-state index contributed by atoms with van der Waals surface area (Å²) in [6.07, 6.45) is 1.70. The molecule has 1 aromatic heterocycles.